The van der Waals surface area contributed by atoms with Crippen molar-refractivity contribution in [2.75, 3.05) is 0 Å². The lowest BCUT2D eigenvalue weighted by molar-refractivity contribution is 0.126. The van der Waals surface area contributed by atoms with Crippen molar-refractivity contribution in [2.24, 2.45) is 10.8 Å². The van der Waals surface area contributed by atoms with E-state index < -0.39 is 12.3 Å². The molecule has 0 fully saturated rings. The van der Waals surface area contributed by atoms with Crippen LogP contribution in [0.3, 0.4) is 0 Å². The molecule has 1 atom stereocenters. The summed E-state index contributed by atoms with van der Waals surface area (Å²) in [5.41, 5.74) is -0.757. The summed E-state index contributed by atoms with van der Waals surface area (Å²) in [6.07, 6.45) is 0.688. The Labute approximate surface area is 63.9 Å². The third-order valence-electron chi connectivity index (χ3n) is 2.36. The molecule has 0 saturated carbocycles. The molecule has 0 radical (unpaired) electrons. The third kappa shape index (κ3) is 2.00. The van der Waals surface area contributed by atoms with E-state index >= 15 is 0 Å². The van der Waals surface area contributed by atoms with Crippen LogP contribution in [0.4, 0.5) is 0 Å². The monoisotopic (exact) mass is 131 g/mol. The van der Waals surface area contributed by atoms with E-state index in [4.69, 9.17) is 4.11 Å². The van der Waals surface area contributed by atoms with Gasteiger partial charge < -0.3 is 0 Å². The Hall–Kier alpha value is 0. The molecular formula is C9H20. The molecule has 0 bridgehead atoms. The van der Waals surface area contributed by atoms with Crippen molar-refractivity contribution in [2.45, 2.75) is 47.9 Å². The van der Waals surface area contributed by atoms with E-state index in [1.54, 1.807) is 0 Å². The Morgan fingerprint density at radius 2 is 1.67 bits per heavy atom. The molecule has 0 aliphatic rings. The first-order chi connectivity index (χ1) is 5.06. The van der Waals surface area contributed by atoms with Crippen molar-refractivity contribution >= 4 is 0 Å². The van der Waals surface area contributed by atoms with Gasteiger partial charge in [0.1, 0.15) is 0 Å². The van der Waals surface area contributed by atoms with Gasteiger partial charge in [-0.3, -0.25) is 0 Å². The summed E-state index contributed by atoms with van der Waals surface area (Å²) in [4.78, 5) is 0. The van der Waals surface area contributed by atoms with Gasteiger partial charge in [-0.25, -0.2) is 0 Å². The number of hydrogen-bond donors (Lipinski definition) is 0. The van der Waals surface area contributed by atoms with Gasteiger partial charge in [-0.05, 0) is 10.8 Å². The highest BCUT2D eigenvalue weighted by molar-refractivity contribution is 4.80. The van der Waals surface area contributed by atoms with E-state index in [9.17, 15) is 0 Å². The lowest BCUT2D eigenvalue weighted by atomic mass is 9.68. The molecule has 0 N–H and O–H groups in total. The van der Waals surface area contributed by atoms with Gasteiger partial charge in [0.25, 0.3) is 0 Å². The minimum atomic E-state index is -1.86. The molecule has 0 heteroatoms. The fourth-order valence-electron chi connectivity index (χ4n) is 0.530. The minimum Gasteiger partial charge on any atom is -0.0649 e. The molecule has 9 heavy (non-hydrogen) atoms. The summed E-state index contributed by atoms with van der Waals surface area (Å²) >= 11 is 0. The minimum absolute atomic E-state index is 0.174. The molecular weight excluding hydrogens is 108 g/mol. The van der Waals surface area contributed by atoms with Gasteiger partial charge in [0, 0.05) is 4.11 Å². The van der Waals surface area contributed by atoms with Crippen LogP contribution in [0.5, 0.6) is 0 Å². The van der Waals surface area contributed by atoms with Crippen LogP contribution in [0.1, 0.15) is 52.0 Å². The van der Waals surface area contributed by atoms with Gasteiger partial charge in [-0.15, -0.1) is 0 Å². The highest BCUT2D eigenvalue weighted by atomic mass is 14.3. The van der Waals surface area contributed by atoms with Crippen LogP contribution in [0, 0.1) is 10.8 Å². The predicted molar refractivity (Wildman–Crippen MR) is 43.5 cm³/mol. The zero-order valence-electron chi connectivity index (χ0n) is 10.2. The summed E-state index contributed by atoms with van der Waals surface area (Å²) in [5.74, 6) is 0. The van der Waals surface area contributed by atoms with Crippen LogP contribution >= 0.6 is 0 Å². The smallest absolute Gasteiger partial charge is 0.0236 e. The standard InChI is InChI=1S/C9H20/c1-7-9(5,6)8(2,3)4/h7H2,1-6H3/i5D3. The van der Waals surface area contributed by atoms with Gasteiger partial charge >= 0.3 is 0 Å². The topological polar surface area (TPSA) is 0 Å². The van der Waals surface area contributed by atoms with Crippen molar-refractivity contribution in [3.05, 3.63) is 0 Å². The van der Waals surface area contributed by atoms with Crippen LogP contribution in [-0.4, -0.2) is 0 Å². The van der Waals surface area contributed by atoms with Crippen molar-refractivity contribution in [1.29, 1.82) is 0 Å². The fourth-order valence-corrected chi connectivity index (χ4v) is 0.530. The molecule has 1 unspecified atom stereocenters. The summed E-state index contributed by atoms with van der Waals surface area (Å²) in [6.45, 7) is 7.90. The Morgan fingerprint density at radius 1 is 1.22 bits per heavy atom. The van der Waals surface area contributed by atoms with Crippen molar-refractivity contribution in [3.8, 4) is 0 Å². The molecule has 0 nitrogen and oxygen atoms in total. The zero-order valence-corrected chi connectivity index (χ0v) is 7.21. The molecule has 0 saturated heterocycles. The van der Waals surface area contributed by atoms with Crippen LogP contribution in [0.25, 0.3) is 0 Å². The first-order valence-electron chi connectivity index (χ1n) is 5.06. The second-order valence-electron chi connectivity index (χ2n) is 3.94. The lowest BCUT2D eigenvalue weighted by Crippen LogP contribution is -2.28. The molecule has 56 valence electrons. The van der Waals surface area contributed by atoms with Crippen LogP contribution in [0.15, 0.2) is 0 Å². The molecule has 0 heterocycles. The van der Waals surface area contributed by atoms with Gasteiger partial charge in [0.15, 0.2) is 0 Å². The van der Waals surface area contributed by atoms with E-state index in [1.165, 1.54) is 0 Å². The van der Waals surface area contributed by atoms with E-state index in [-0.39, 0.29) is 5.41 Å². The molecule has 0 aliphatic carbocycles. The fraction of sp³-hybridized carbons (Fsp3) is 1.00. The number of rotatable bonds is 1. The molecule has 0 aliphatic heterocycles. The maximum Gasteiger partial charge on any atom is 0.0236 e. The van der Waals surface area contributed by atoms with Gasteiger partial charge in [-0.1, -0.05) is 47.9 Å². The lowest BCUT2D eigenvalue weighted by Gasteiger charge is -2.37. The summed E-state index contributed by atoms with van der Waals surface area (Å²) < 4.78 is 22.4. The maximum absolute atomic E-state index is 7.47. The highest BCUT2D eigenvalue weighted by Gasteiger charge is 2.30. The van der Waals surface area contributed by atoms with Crippen molar-refractivity contribution < 1.29 is 4.11 Å². The second-order valence-corrected chi connectivity index (χ2v) is 3.94. The largest absolute Gasteiger partial charge is 0.0649 e. The third-order valence-corrected chi connectivity index (χ3v) is 2.36. The van der Waals surface area contributed by atoms with E-state index in [0.717, 1.165) is 0 Å². The Bertz CT molecular complexity index is 136. The predicted octanol–water partition coefficient (Wildman–Crippen LogP) is 3.47. The second kappa shape index (κ2) is 2.32. The zero-order chi connectivity index (χ0) is 10.2. The summed E-state index contributed by atoms with van der Waals surface area (Å²) in [6, 6.07) is 0. The molecule has 0 aromatic rings. The first kappa shape index (κ1) is 4.76. The van der Waals surface area contributed by atoms with Gasteiger partial charge in [0.05, 0.1) is 0 Å². The molecule has 0 aromatic heterocycles. The van der Waals surface area contributed by atoms with Gasteiger partial charge in [0.2, 0.25) is 0 Å². The molecule has 0 aromatic carbocycles. The van der Waals surface area contributed by atoms with E-state index in [1.807, 2.05) is 34.6 Å². The normalized spacial score (nSPS) is 25.7. The highest BCUT2D eigenvalue weighted by Crippen LogP contribution is 2.40. The SMILES string of the molecule is [2H]C([2H])([2H])C(C)(CC)C(C)(C)C. The van der Waals surface area contributed by atoms with E-state index in [0.29, 0.717) is 6.42 Å². The van der Waals surface area contributed by atoms with Gasteiger partial charge in [-0.2, -0.15) is 0 Å². The quantitative estimate of drug-likeness (QED) is 0.511. The van der Waals surface area contributed by atoms with Crippen molar-refractivity contribution in [3.63, 3.8) is 0 Å². The Kier molecular flexibility index (Phi) is 1.23. The average Bonchev–Trinajstić information content (AvgIpc) is 1.81. The molecule has 0 spiro atoms. The Balaban J connectivity index is 4.95. The average molecular weight is 131 g/mol. The Morgan fingerprint density at radius 3 is 1.67 bits per heavy atom. The molecule has 0 amide bonds. The summed E-state index contributed by atoms with van der Waals surface area (Å²) in [7, 11) is 0. The van der Waals surface area contributed by atoms with Crippen LogP contribution < -0.4 is 0 Å². The van der Waals surface area contributed by atoms with Crippen LogP contribution in [-0.2, 0) is 0 Å². The van der Waals surface area contributed by atoms with E-state index in [2.05, 4.69) is 0 Å². The van der Waals surface area contributed by atoms with Crippen LogP contribution in [0.2, 0.25) is 0 Å². The maximum atomic E-state index is 7.47. The number of hydrogen-bond acceptors (Lipinski definition) is 0. The van der Waals surface area contributed by atoms with Crippen molar-refractivity contribution in [1.82, 2.24) is 0 Å². The summed E-state index contributed by atoms with van der Waals surface area (Å²) in [5, 5.41) is 0. The molecule has 0 rings (SSSR count). The first-order valence-corrected chi connectivity index (χ1v) is 3.56.